The highest BCUT2D eigenvalue weighted by molar-refractivity contribution is 5.71. The van der Waals surface area contributed by atoms with Crippen molar-refractivity contribution in [2.24, 2.45) is 0 Å². The van der Waals surface area contributed by atoms with Gasteiger partial charge in [-0.15, -0.1) is 10.2 Å². The van der Waals surface area contributed by atoms with Crippen LogP contribution in [0.3, 0.4) is 0 Å². The maximum atomic E-state index is 4.38. The molecule has 0 amide bonds. The van der Waals surface area contributed by atoms with Gasteiger partial charge in [0.15, 0.2) is 5.82 Å². The molecule has 6 heteroatoms. The number of pyridine rings is 1. The Morgan fingerprint density at radius 1 is 1.11 bits per heavy atom. The molecular formula is C12H14N6. The molecule has 2 aromatic heterocycles. The molecule has 0 spiro atoms. The first kappa shape index (κ1) is 11.0. The first-order valence-corrected chi connectivity index (χ1v) is 5.99. The Bertz CT molecular complexity index is 509. The predicted octanol–water partition coefficient (Wildman–Crippen LogP) is 0.343. The van der Waals surface area contributed by atoms with Crippen molar-refractivity contribution >= 4 is 5.82 Å². The molecule has 2 aromatic rings. The van der Waals surface area contributed by atoms with Crippen LogP contribution < -0.4 is 10.2 Å². The minimum absolute atomic E-state index is 0.821. The summed E-state index contributed by atoms with van der Waals surface area (Å²) in [4.78, 5) is 10.6. The SMILES string of the molecule is c1cc(-c2nncnc2N2CCNCC2)ccn1. The molecule has 1 aliphatic rings. The van der Waals surface area contributed by atoms with Gasteiger partial charge in [0, 0.05) is 44.1 Å². The summed E-state index contributed by atoms with van der Waals surface area (Å²) in [7, 11) is 0. The van der Waals surface area contributed by atoms with E-state index in [0.717, 1.165) is 43.3 Å². The van der Waals surface area contributed by atoms with Gasteiger partial charge in [-0.3, -0.25) is 4.98 Å². The standard InChI is InChI=1S/C12H14N6/c1-3-13-4-2-10(1)11-12(15-9-16-17-11)18-7-5-14-6-8-18/h1-4,9,14H,5-8H2. The molecule has 92 valence electrons. The quantitative estimate of drug-likeness (QED) is 0.819. The van der Waals surface area contributed by atoms with Crippen LogP contribution in [0.5, 0.6) is 0 Å². The average Bonchev–Trinajstić information content (AvgIpc) is 2.49. The molecule has 0 radical (unpaired) electrons. The Morgan fingerprint density at radius 3 is 2.67 bits per heavy atom. The zero-order chi connectivity index (χ0) is 12.2. The molecule has 18 heavy (non-hydrogen) atoms. The molecule has 0 atom stereocenters. The molecule has 3 rings (SSSR count). The van der Waals surface area contributed by atoms with Gasteiger partial charge in [0.25, 0.3) is 0 Å². The van der Waals surface area contributed by atoms with Crippen molar-refractivity contribution in [2.75, 3.05) is 31.1 Å². The van der Waals surface area contributed by atoms with Crippen molar-refractivity contribution in [1.29, 1.82) is 0 Å². The topological polar surface area (TPSA) is 66.8 Å². The second-order valence-corrected chi connectivity index (χ2v) is 4.11. The van der Waals surface area contributed by atoms with Crippen LogP contribution in [-0.2, 0) is 0 Å². The number of hydrogen-bond acceptors (Lipinski definition) is 6. The lowest BCUT2D eigenvalue weighted by molar-refractivity contribution is 0.583. The van der Waals surface area contributed by atoms with Crippen LogP contribution in [0.1, 0.15) is 0 Å². The number of aromatic nitrogens is 4. The van der Waals surface area contributed by atoms with Crippen molar-refractivity contribution in [1.82, 2.24) is 25.5 Å². The Morgan fingerprint density at radius 2 is 1.89 bits per heavy atom. The van der Waals surface area contributed by atoms with Crippen molar-refractivity contribution in [3.05, 3.63) is 30.9 Å². The zero-order valence-corrected chi connectivity index (χ0v) is 9.95. The lowest BCUT2D eigenvalue weighted by Crippen LogP contribution is -2.44. The Balaban J connectivity index is 1.99. The van der Waals surface area contributed by atoms with Gasteiger partial charge in [-0.25, -0.2) is 4.98 Å². The first-order valence-electron chi connectivity index (χ1n) is 5.99. The van der Waals surface area contributed by atoms with Crippen molar-refractivity contribution in [3.8, 4) is 11.3 Å². The first-order chi connectivity index (χ1) is 8.95. The van der Waals surface area contributed by atoms with Gasteiger partial charge in [0.1, 0.15) is 12.0 Å². The Labute approximate surface area is 105 Å². The predicted molar refractivity (Wildman–Crippen MR) is 68.1 cm³/mol. The summed E-state index contributed by atoms with van der Waals surface area (Å²) < 4.78 is 0. The number of nitrogens with zero attached hydrogens (tertiary/aromatic N) is 5. The van der Waals surface area contributed by atoms with Crippen LogP contribution in [0.2, 0.25) is 0 Å². The number of hydrogen-bond donors (Lipinski definition) is 1. The van der Waals surface area contributed by atoms with E-state index in [9.17, 15) is 0 Å². The van der Waals surface area contributed by atoms with Crippen LogP contribution in [0.25, 0.3) is 11.3 Å². The van der Waals surface area contributed by atoms with E-state index in [1.165, 1.54) is 6.33 Å². The smallest absolute Gasteiger partial charge is 0.159 e. The van der Waals surface area contributed by atoms with Gasteiger partial charge >= 0.3 is 0 Å². The highest BCUT2D eigenvalue weighted by Gasteiger charge is 2.17. The fourth-order valence-electron chi connectivity index (χ4n) is 2.07. The summed E-state index contributed by atoms with van der Waals surface area (Å²) in [5, 5.41) is 11.4. The number of rotatable bonds is 2. The second-order valence-electron chi connectivity index (χ2n) is 4.11. The summed E-state index contributed by atoms with van der Waals surface area (Å²) in [6, 6.07) is 3.86. The number of piperazine rings is 1. The maximum absolute atomic E-state index is 4.38. The number of anilines is 1. The molecule has 1 fully saturated rings. The van der Waals surface area contributed by atoms with E-state index in [4.69, 9.17) is 0 Å². The van der Waals surface area contributed by atoms with E-state index in [2.05, 4.69) is 30.4 Å². The third-order valence-corrected chi connectivity index (χ3v) is 2.97. The molecule has 0 saturated carbocycles. The molecule has 3 heterocycles. The molecule has 0 bridgehead atoms. The van der Waals surface area contributed by atoms with E-state index >= 15 is 0 Å². The van der Waals surface area contributed by atoms with E-state index in [1.54, 1.807) is 12.4 Å². The van der Waals surface area contributed by atoms with E-state index in [1.807, 2.05) is 12.1 Å². The van der Waals surface area contributed by atoms with Crippen LogP contribution in [0.4, 0.5) is 5.82 Å². The molecule has 1 N–H and O–H groups in total. The molecule has 0 aromatic carbocycles. The highest BCUT2D eigenvalue weighted by Crippen LogP contribution is 2.25. The van der Waals surface area contributed by atoms with E-state index in [0.29, 0.717) is 0 Å². The van der Waals surface area contributed by atoms with Crippen LogP contribution in [0, 0.1) is 0 Å². The zero-order valence-electron chi connectivity index (χ0n) is 9.95. The highest BCUT2D eigenvalue weighted by atomic mass is 15.3. The van der Waals surface area contributed by atoms with E-state index in [-0.39, 0.29) is 0 Å². The van der Waals surface area contributed by atoms with Crippen molar-refractivity contribution in [2.45, 2.75) is 0 Å². The molecule has 0 unspecified atom stereocenters. The fraction of sp³-hybridized carbons (Fsp3) is 0.333. The van der Waals surface area contributed by atoms with Crippen molar-refractivity contribution in [3.63, 3.8) is 0 Å². The van der Waals surface area contributed by atoms with Crippen molar-refractivity contribution < 1.29 is 0 Å². The fourth-order valence-corrected chi connectivity index (χ4v) is 2.07. The molecular weight excluding hydrogens is 228 g/mol. The molecule has 1 saturated heterocycles. The lowest BCUT2D eigenvalue weighted by Gasteiger charge is -2.29. The monoisotopic (exact) mass is 242 g/mol. The molecule has 6 nitrogen and oxygen atoms in total. The minimum Gasteiger partial charge on any atom is -0.352 e. The molecule has 1 aliphatic heterocycles. The van der Waals surface area contributed by atoms with Gasteiger partial charge in [-0.2, -0.15) is 0 Å². The summed E-state index contributed by atoms with van der Waals surface area (Å²) in [5.74, 6) is 0.901. The Hall–Kier alpha value is -2.08. The second kappa shape index (κ2) is 5.05. The van der Waals surface area contributed by atoms with Crippen LogP contribution >= 0.6 is 0 Å². The van der Waals surface area contributed by atoms with Gasteiger partial charge < -0.3 is 10.2 Å². The minimum atomic E-state index is 0.821. The summed E-state index contributed by atoms with van der Waals surface area (Å²) in [5.41, 5.74) is 1.82. The van der Waals surface area contributed by atoms with Crippen LogP contribution in [-0.4, -0.2) is 46.3 Å². The van der Waals surface area contributed by atoms with Crippen LogP contribution in [0.15, 0.2) is 30.9 Å². The molecule has 0 aliphatic carbocycles. The van der Waals surface area contributed by atoms with Gasteiger partial charge in [0.05, 0.1) is 0 Å². The normalized spacial score (nSPS) is 15.7. The average molecular weight is 242 g/mol. The summed E-state index contributed by atoms with van der Waals surface area (Å²) >= 11 is 0. The Kier molecular flexibility index (Phi) is 3.10. The lowest BCUT2D eigenvalue weighted by atomic mass is 10.2. The third-order valence-electron chi connectivity index (χ3n) is 2.97. The largest absolute Gasteiger partial charge is 0.352 e. The van der Waals surface area contributed by atoms with Gasteiger partial charge in [0.2, 0.25) is 0 Å². The summed E-state index contributed by atoms with van der Waals surface area (Å²) in [6.07, 6.45) is 5.01. The van der Waals surface area contributed by atoms with Gasteiger partial charge in [-0.05, 0) is 12.1 Å². The third kappa shape index (κ3) is 2.14. The maximum Gasteiger partial charge on any atom is 0.159 e. The number of nitrogens with one attached hydrogen (secondary N) is 1. The summed E-state index contributed by atoms with van der Waals surface area (Å²) in [6.45, 7) is 3.83. The van der Waals surface area contributed by atoms with E-state index < -0.39 is 0 Å². The van der Waals surface area contributed by atoms with Gasteiger partial charge in [-0.1, -0.05) is 0 Å².